The molecule has 0 spiro atoms. The van der Waals surface area contributed by atoms with Crippen LogP contribution >= 0.6 is 0 Å². The van der Waals surface area contributed by atoms with Gasteiger partial charge in [-0.3, -0.25) is 4.79 Å². The molecule has 2 rings (SSSR count). The molecule has 0 atom stereocenters. The van der Waals surface area contributed by atoms with Crippen LogP contribution in [-0.4, -0.2) is 23.6 Å². The number of esters is 1. The lowest BCUT2D eigenvalue weighted by atomic mass is 10.1. The molecule has 0 bridgehead atoms. The Labute approximate surface area is 122 Å². The lowest BCUT2D eigenvalue weighted by Gasteiger charge is -2.08. The first-order chi connectivity index (χ1) is 10.1. The number of anilines is 1. The van der Waals surface area contributed by atoms with Gasteiger partial charge in [-0.2, -0.15) is 0 Å². The first-order valence-corrected chi connectivity index (χ1v) is 6.38. The Morgan fingerprint density at radius 1 is 1.14 bits per heavy atom. The van der Waals surface area contributed by atoms with E-state index in [1.54, 1.807) is 37.3 Å². The molecule has 0 fully saturated rings. The topological polar surface area (TPSA) is 75.6 Å². The van der Waals surface area contributed by atoms with E-state index in [0.29, 0.717) is 5.69 Å². The first-order valence-electron chi connectivity index (χ1n) is 6.38. The van der Waals surface area contributed by atoms with E-state index in [-0.39, 0.29) is 11.3 Å². The highest BCUT2D eigenvalue weighted by atomic mass is 16.5. The summed E-state index contributed by atoms with van der Waals surface area (Å²) >= 11 is 0. The van der Waals surface area contributed by atoms with Crippen LogP contribution in [0, 0.1) is 6.92 Å². The standard InChI is InChI=1S/C16H15NO4/c1-11-7-8-14(18)13(9-11)16(20)21-10-15(19)17-12-5-3-2-4-6-12/h2-9,18H,10H2,1H3,(H,17,19). The Morgan fingerprint density at radius 2 is 1.86 bits per heavy atom. The van der Waals surface area contributed by atoms with Crippen LogP contribution in [0.4, 0.5) is 5.69 Å². The van der Waals surface area contributed by atoms with Crippen LogP contribution in [0.15, 0.2) is 48.5 Å². The number of hydrogen-bond acceptors (Lipinski definition) is 4. The van der Waals surface area contributed by atoms with Gasteiger partial charge in [-0.25, -0.2) is 4.79 Å². The lowest BCUT2D eigenvalue weighted by molar-refractivity contribution is -0.119. The van der Waals surface area contributed by atoms with Gasteiger partial charge in [0.2, 0.25) is 0 Å². The Balaban J connectivity index is 1.92. The molecule has 0 aromatic heterocycles. The molecule has 2 aromatic rings. The quantitative estimate of drug-likeness (QED) is 0.846. The highest BCUT2D eigenvalue weighted by Crippen LogP contribution is 2.19. The molecule has 2 aromatic carbocycles. The maximum Gasteiger partial charge on any atom is 0.342 e. The molecule has 0 heterocycles. The minimum absolute atomic E-state index is 0.0440. The number of ether oxygens (including phenoxy) is 1. The van der Waals surface area contributed by atoms with Crippen LogP contribution in [0.1, 0.15) is 15.9 Å². The molecule has 1 amide bonds. The number of aromatic hydroxyl groups is 1. The van der Waals surface area contributed by atoms with Gasteiger partial charge in [0, 0.05) is 5.69 Å². The number of carbonyl (C=O) groups is 2. The molecule has 0 aliphatic rings. The third-order valence-electron chi connectivity index (χ3n) is 2.76. The van der Waals surface area contributed by atoms with Gasteiger partial charge in [0.1, 0.15) is 11.3 Å². The van der Waals surface area contributed by atoms with Crippen LogP contribution in [-0.2, 0) is 9.53 Å². The van der Waals surface area contributed by atoms with Crippen molar-refractivity contribution in [1.82, 2.24) is 0 Å². The van der Waals surface area contributed by atoms with Gasteiger partial charge < -0.3 is 15.2 Å². The van der Waals surface area contributed by atoms with Crippen molar-refractivity contribution < 1.29 is 19.4 Å². The fraction of sp³-hybridized carbons (Fsp3) is 0.125. The minimum Gasteiger partial charge on any atom is -0.507 e. The Hall–Kier alpha value is -2.82. The van der Waals surface area contributed by atoms with Crippen molar-refractivity contribution >= 4 is 17.6 Å². The predicted octanol–water partition coefficient (Wildman–Crippen LogP) is 2.50. The minimum atomic E-state index is -0.737. The summed E-state index contributed by atoms with van der Waals surface area (Å²) in [6.45, 7) is 1.37. The van der Waals surface area contributed by atoms with Crippen molar-refractivity contribution in [2.45, 2.75) is 6.92 Å². The van der Waals surface area contributed by atoms with Gasteiger partial charge in [-0.15, -0.1) is 0 Å². The van der Waals surface area contributed by atoms with Crippen molar-refractivity contribution in [3.8, 4) is 5.75 Å². The number of benzene rings is 2. The van der Waals surface area contributed by atoms with Gasteiger partial charge in [0.05, 0.1) is 0 Å². The Bertz CT molecular complexity index is 653. The second-order valence-electron chi connectivity index (χ2n) is 4.51. The zero-order valence-corrected chi connectivity index (χ0v) is 11.5. The molecule has 0 unspecified atom stereocenters. The summed E-state index contributed by atoms with van der Waals surface area (Å²) in [7, 11) is 0. The molecule has 5 nitrogen and oxygen atoms in total. The summed E-state index contributed by atoms with van der Waals surface area (Å²) in [5, 5.41) is 12.2. The fourth-order valence-electron chi connectivity index (χ4n) is 1.74. The van der Waals surface area contributed by atoms with Crippen molar-refractivity contribution in [2.75, 3.05) is 11.9 Å². The largest absolute Gasteiger partial charge is 0.507 e. The number of carbonyl (C=O) groups excluding carboxylic acids is 2. The number of rotatable bonds is 4. The van der Waals surface area contributed by atoms with Crippen molar-refractivity contribution in [1.29, 1.82) is 0 Å². The second-order valence-corrected chi connectivity index (χ2v) is 4.51. The molecule has 5 heteroatoms. The molecule has 0 aliphatic heterocycles. The van der Waals surface area contributed by atoms with E-state index < -0.39 is 18.5 Å². The maximum atomic E-state index is 11.8. The van der Waals surface area contributed by atoms with Crippen LogP contribution in [0.3, 0.4) is 0 Å². The fourth-order valence-corrected chi connectivity index (χ4v) is 1.74. The van der Waals surface area contributed by atoms with E-state index in [1.807, 2.05) is 6.07 Å². The van der Waals surface area contributed by atoms with Crippen LogP contribution in [0.2, 0.25) is 0 Å². The lowest BCUT2D eigenvalue weighted by Crippen LogP contribution is -2.21. The van der Waals surface area contributed by atoms with E-state index in [4.69, 9.17) is 4.74 Å². The van der Waals surface area contributed by atoms with Gasteiger partial charge in [0.25, 0.3) is 5.91 Å². The molecule has 21 heavy (non-hydrogen) atoms. The van der Waals surface area contributed by atoms with E-state index in [9.17, 15) is 14.7 Å². The summed E-state index contributed by atoms with van der Waals surface area (Å²) < 4.78 is 4.89. The summed E-state index contributed by atoms with van der Waals surface area (Å²) in [6.07, 6.45) is 0. The van der Waals surface area contributed by atoms with Gasteiger partial charge >= 0.3 is 5.97 Å². The SMILES string of the molecule is Cc1ccc(O)c(C(=O)OCC(=O)Nc2ccccc2)c1. The van der Waals surface area contributed by atoms with Gasteiger partial charge in [-0.05, 0) is 31.2 Å². The normalized spacial score (nSPS) is 9.95. The second kappa shape index (κ2) is 6.56. The third-order valence-corrected chi connectivity index (χ3v) is 2.76. The average Bonchev–Trinajstić information content (AvgIpc) is 2.48. The molecule has 0 radical (unpaired) electrons. The van der Waals surface area contributed by atoms with Crippen molar-refractivity contribution in [3.63, 3.8) is 0 Å². The molecular weight excluding hydrogens is 270 g/mol. The smallest absolute Gasteiger partial charge is 0.342 e. The Morgan fingerprint density at radius 3 is 2.57 bits per heavy atom. The van der Waals surface area contributed by atoms with Crippen molar-refractivity contribution in [2.24, 2.45) is 0 Å². The summed E-state index contributed by atoms with van der Waals surface area (Å²) in [5.74, 6) is -1.35. The van der Waals surface area contributed by atoms with Gasteiger partial charge in [0.15, 0.2) is 6.61 Å². The number of para-hydroxylation sites is 1. The number of phenolic OH excluding ortho intramolecular Hbond substituents is 1. The monoisotopic (exact) mass is 285 g/mol. The van der Waals surface area contributed by atoms with Crippen molar-refractivity contribution in [3.05, 3.63) is 59.7 Å². The van der Waals surface area contributed by atoms with E-state index in [1.165, 1.54) is 12.1 Å². The number of phenols is 1. The number of nitrogens with one attached hydrogen (secondary N) is 1. The molecule has 0 saturated carbocycles. The molecule has 108 valence electrons. The molecule has 2 N–H and O–H groups in total. The van der Waals surface area contributed by atoms with Gasteiger partial charge in [-0.1, -0.05) is 29.8 Å². The van der Waals surface area contributed by atoms with Crippen LogP contribution in [0.5, 0.6) is 5.75 Å². The average molecular weight is 285 g/mol. The molecular formula is C16H15NO4. The highest BCUT2D eigenvalue weighted by molar-refractivity contribution is 5.96. The van der Waals surface area contributed by atoms with E-state index in [0.717, 1.165) is 5.56 Å². The number of aryl methyl sites for hydroxylation is 1. The third kappa shape index (κ3) is 4.07. The summed E-state index contributed by atoms with van der Waals surface area (Å²) in [6, 6.07) is 13.4. The predicted molar refractivity (Wildman–Crippen MR) is 78.2 cm³/mol. The first kappa shape index (κ1) is 14.6. The number of amides is 1. The number of hydrogen-bond donors (Lipinski definition) is 2. The highest BCUT2D eigenvalue weighted by Gasteiger charge is 2.14. The summed E-state index contributed by atoms with van der Waals surface area (Å²) in [4.78, 5) is 23.5. The van der Waals surface area contributed by atoms with Crippen LogP contribution in [0.25, 0.3) is 0 Å². The Kier molecular flexibility index (Phi) is 4.56. The van der Waals surface area contributed by atoms with Crippen LogP contribution < -0.4 is 5.32 Å². The van der Waals surface area contributed by atoms with E-state index in [2.05, 4.69) is 5.32 Å². The molecule has 0 saturated heterocycles. The summed E-state index contributed by atoms with van der Waals surface area (Å²) in [5.41, 5.74) is 1.48. The zero-order valence-electron chi connectivity index (χ0n) is 11.5. The zero-order chi connectivity index (χ0) is 15.2. The maximum absolute atomic E-state index is 11.8. The molecule has 0 aliphatic carbocycles. The van der Waals surface area contributed by atoms with E-state index >= 15 is 0 Å².